The Morgan fingerprint density at radius 3 is 2.60 bits per heavy atom. The number of nitrogens with zero attached hydrogens (tertiary/aromatic N) is 4. The van der Waals surface area contributed by atoms with Crippen LogP contribution in [-0.4, -0.2) is 54.1 Å². The molecule has 1 saturated heterocycles. The number of rotatable bonds is 5. The highest BCUT2D eigenvalue weighted by Gasteiger charge is 2.31. The molecule has 8 nitrogen and oxygen atoms in total. The Bertz CT molecular complexity index is 840. The molecule has 1 N–H and O–H groups in total. The van der Waals surface area contributed by atoms with Crippen molar-refractivity contribution >= 4 is 21.6 Å². The van der Waals surface area contributed by atoms with Crippen LogP contribution in [0.3, 0.4) is 0 Å². The molecule has 0 spiro atoms. The number of pyridine rings is 1. The van der Waals surface area contributed by atoms with Crippen molar-refractivity contribution < 1.29 is 13.2 Å². The number of hydrogen-bond acceptors (Lipinski definition) is 7. The Labute approximate surface area is 146 Å². The molecule has 1 aliphatic rings. The first-order chi connectivity index (χ1) is 11.9. The predicted octanol–water partition coefficient (Wildman–Crippen LogP) is 0.425. The molecular formula is C16H19N5O3S. The van der Waals surface area contributed by atoms with Crippen LogP contribution in [-0.2, 0) is 16.4 Å². The zero-order chi connectivity index (χ0) is 17.9. The molecule has 0 saturated carbocycles. The zero-order valence-corrected chi connectivity index (χ0v) is 14.6. The van der Waals surface area contributed by atoms with Crippen LogP contribution in [0.5, 0.6) is 0 Å². The Morgan fingerprint density at radius 2 is 2.00 bits per heavy atom. The summed E-state index contributed by atoms with van der Waals surface area (Å²) >= 11 is 0. The lowest BCUT2D eigenvalue weighted by molar-refractivity contribution is 0.0945. The van der Waals surface area contributed by atoms with Crippen molar-refractivity contribution in [2.45, 2.75) is 19.0 Å². The van der Waals surface area contributed by atoms with Gasteiger partial charge in [0.1, 0.15) is 0 Å². The average Bonchev–Trinajstić information content (AvgIpc) is 3.00. The molecule has 3 rings (SSSR count). The second kappa shape index (κ2) is 7.14. The number of hydrogen-bond donors (Lipinski definition) is 1. The van der Waals surface area contributed by atoms with E-state index < -0.39 is 9.84 Å². The molecule has 1 atom stereocenters. The van der Waals surface area contributed by atoms with Crippen molar-refractivity contribution in [2.24, 2.45) is 0 Å². The van der Waals surface area contributed by atoms with E-state index in [2.05, 4.69) is 20.5 Å². The number of carbonyl (C=O) groups is 1. The van der Waals surface area contributed by atoms with Crippen LogP contribution in [0.4, 0.5) is 5.82 Å². The SMILES string of the molecule is CN(c1ccc(C(=O)NCc2ccncc2)nn1)C1CCS(=O)(=O)C1. The molecule has 0 aliphatic carbocycles. The minimum absolute atomic E-state index is 0.106. The first-order valence-corrected chi connectivity index (χ1v) is 9.71. The molecule has 0 bridgehead atoms. The van der Waals surface area contributed by atoms with Crippen LogP contribution in [0.15, 0.2) is 36.7 Å². The maximum atomic E-state index is 12.1. The van der Waals surface area contributed by atoms with E-state index in [0.29, 0.717) is 18.8 Å². The summed E-state index contributed by atoms with van der Waals surface area (Å²) in [6.45, 7) is 0.380. The van der Waals surface area contributed by atoms with E-state index in [1.54, 1.807) is 36.5 Å². The highest BCUT2D eigenvalue weighted by Crippen LogP contribution is 2.20. The van der Waals surface area contributed by atoms with Crippen molar-refractivity contribution in [1.82, 2.24) is 20.5 Å². The van der Waals surface area contributed by atoms with E-state index in [0.717, 1.165) is 5.56 Å². The van der Waals surface area contributed by atoms with E-state index in [4.69, 9.17) is 0 Å². The van der Waals surface area contributed by atoms with Crippen LogP contribution in [0.1, 0.15) is 22.5 Å². The fourth-order valence-electron chi connectivity index (χ4n) is 2.68. The number of aromatic nitrogens is 3. The molecule has 0 radical (unpaired) electrons. The van der Waals surface area contributed by atoms with E-state index in [9.17, 15) is 13.2 Å². The van der Waals surface area contributed by atoms with E-state index >= 15 is 0 Å². The fraction of sp³-hybridized carbons (Fsp3) is 0.375. The summed E-state index contributed by atoms with van der Waals surface area (Å²) < 4.78 is 23.2. The number of carbonyl (C=O) groups excluding carboxylic acids is 1. The Balaban J connectivity index is 1.60. The second-order valence-corrected chi connectivity index (χ2v) is 8.21. The molecule has 2 aromatic heterocycles. The molecule has 25 heavy (non-hydrogen) atoms. The van der Waals surface area contributed by atoms with Gasteiger partial charge in [-0.25, -0.2) is 8.42 Å². The summed E-state index contributed by atoms with van der Waals surface area (Å²) in [6, 6.07) is 6.80. The summed E-state index contributed by atoms with van der Waals surface area (Å²) in [5, 5.41) is 10.8. The quantitative estimate of drug-likeness (QED) is 0.823. The molecule has 1 aliphatic heterocycles. The van der Waals surface area contributed by atoms with Gasteiger partial charge in [0.15, 0.2) is 21.3 Å². The van der Waals surface area contributed by atoms with Gasteiger partial charge in [0.25, 0.3) is 5.91 Å². The van der Waals surface area contributed by atoms with Crippen LogP contribution in [0.2, 0.25) is 0 Å². The van der Waals surface area contributed by atoms with Crippen molar-refractivity contribution in [3.05, 3.63) is 47.9 Å². The minimum atomic E-state index is -2.96. The van der Waals surface area contributed by atoms with Gasteiger partial charge in [-0.2, -0.15) is 0 Å². The van der Waals surface area contributed by atoms with Crippen LogP contribution in [0.25, 0.3) is 0 Å². The molecule has 0 aromatic carbocycles. The number of amides is 1. The minimum Gasteiger partial charge on any atom is -0.354 e. The third kappa shape index (κ3) is 4.30. The first kappa shape index (κ1) is 17.3. The highest BCUT2D eigenvalue weighted by molar-refractivity contribution is 7.91. The van der Waals surface area contributed by atoms with Crippen molar-refractivity contribution in [2.75, 3.05) is 23.5 Å². The summed E-state index contributed by atoms with van der Waals surface area (Å²) in [4.78, 5) is 17.8. The summed E-state index contributed by atoms with van der Waals surface area (Å²) in [7, 11) is -1.17. The molecule has 2 aromatic rings. The van der Waals surface area contributed by atoms with Gasteiger partial charge in [-0.1, -0.05) is 0 Å². The molecule has 1 fully saturated rings. The number of nitrogens with one attached hydrogen (secondary N) is 1. The normalized spacial score (nSPS) is 18.7. The van der Waals surface area contributed by atoms with Crippen molar-refractivity contribution in [3.8, 4) is 0 Å². The summed E-state index contributed by atoms with van der Waals surface area (Å²) in [5.41, 5.74) is 1.15. The topological polar surface area (TPSA) is 105 Å². The van der Waals surface area contributed by atoms with Gasteiger partial charge in [0, 0.05) is 32.0 Å². The summed E-state index contributed by atoms with van der Waals surface area (Å²) in [5.74, 6) is 0.555. The van der Waals surface area contributed by atoms with Crippen LogP contribution >= 0.6 is 0 Å². The Morgan fingerprint density at radius 1 is 1.24 bits per heavy atom. The third-order valence-electron chi connectivity index (χ3n) is 4.20. The van der Waals surface area contributed by atoms with Gasteiger partial charge in [-0.3, -0.25) is 9.78 Å². The second-order valence-electron chi connectivity index (χ2n) is 5.98. The smallest absolute Gasteiger partial charge is 0.272 e. The molecule has 3 heterocycles. The number of anilines is 1. The van der Waals surface area contributed by atoms with E-state index in [1.807, 2.05) is 12.1 Å². The standard InChI is InChI=1S/C16H19N5O3S/c1-21(13-6-9-25(23,24)11-13)15-3-2-14(19-20-15)16(22)18-10-12-4-7-17-8-5-12/h2-5,7-8,13H,6,9-11H2,1H3,(H,18,22). The van der Waals surface area contributed by atoms with Gasteiger partial charge < -0.3 is 10.2 Å². The van der Waals surface area contributed by atoms with Gasteiger partial charge in [0.05, 0.1) is 11.5 Å². The zero-order valence-electron chi connectivity index (χ0n) is 13.8. The van der Waals surface area contributed by atoms with Gasteiger partial charge in [-0.15, -0.1) is 10.2 Å². The maximum Gasteiger partial charge on any atom is 0.272 e. The Kier molecular flexibility index (Phi) is 4.93. The third-order valence-corrected chi connectivity index (χ3v) is 5.95. The molecule has 1 unspecified atom stereocenters. The fourth-order valence-corrected chi connectivity index (χ4v) is 4.45. The average molecular weight is 361 g/mol. The Hall–Kier alpha value is -2.55. The van der Waals surface area contributed by atoms with Crippen molar-refractivity contribution in [1.29, 1.82) is 0 Å². The lowest BCUT2D eigenvalue weighted by Crippen LogP contribution is -2.33. The molecule has 132 valence electrons. The van der Waals surface area contributed by atoms with Gasteiger partial charge in [-0.05, 0) is 36.2 Å². The van der Waals surface area contributed by atoms with Crippen LogP contribution in [0, 0.1) is 0 Å². The van der Waals surface area contributed by atoms with E-state index in [-0.39, 0.29) is 29.1 Å². The van der Waals surface area contributed by atoms with Crippen LogP contribution < -0.4 is 10.2 Å². The lowest BCUT2D eigenvalue weighted by Gasteiger charge is -2.23. The molecule has 9 heteroatoms. The first-order valence-electron chi connectivity index (χ1n) is 7.89. The van der Waals surface area contributed by atoms with E-state index in [1.165, 1.54) is 0 Å². The lowest BCUT2D eigenvalue weighted by atomic mass is 10.2. The monoisotopic (exact) mass is 361 g/mol. The molecule has 1 amide bonds. The highest BCUT2D eigenvalue weighted by atomic mass is 32.2. The predicted molar refractivity (Wildman–Crippen MR) is 92.9 cm³/mol. The number of sulfone groups is 1. The maximum absolute atomic E-state index is 12.1. The van der Waals surface area contributed by atoms with Crippen molar-refractivity contribution in [3.63, 3.8) is 0 Å². The van der Waals surface area contributed by atoms with Gasteiger partial charge in [0.2, 0.25) is 0 Å². The largest absolute Gasteiger partial charge is 0.354 e. The summed E-state index contributed by atoms with van der Waals surface area (Å²) in [6.07, 6.45) is 3.90. The molecular weight excluding hydrogens is 342 g/mol. The van der Waals surface area contributed by atoms with Gasteiger partial charge >= 0.3 is 0 Å².